The lowest BCUT2D eigenvalue weighted by Gasteiger charge is -2.07. The summed E-state index contributed by atoms with van der Waals surface area (Å²) >= 11 is 6.13. The number of aryl methyl sites for hydroxylation is 2. The Morgan fingerprint density at radius 2 is 2.00 bits per heavy atom. The van der Waals surface area contributed by atoms with Crippen molar-refractivity contribution in [2.75, 3.05) is 6.54 Å². The highest BCUT2D eigenvalue weighted by Crippen LogP contribution is 2.17. The second kappa shape index (κ2) is 7.24. The number of amides is 1. The number of nitrogens with zero attached hydrogens (tertiary/aromatic N) is 2. The highest BCUT2D eigenvalue weighted by atomic mass is 35.5. The molecule has 2 aromatic rings. The summed E-state index contributed by atoms with van der Waals surface area (Å²) in [6.07, 6.45) is 0. The first-order valence-corrected chi connectivity index (χ1v) is 7.15. The number of hydrogen-bond acceptors (Lipinski definition) is 3. The first-order valence-electron chi connectivity index (χ1n) is 6.77. The average molecular weight is 307 g/mol. The molecule has 1 amide bonds. The summed E-state index contributed by atoms with van der Waals surface area (Å²) in [5.41, 5.74) is 2.88. The van der Waals surface area contributed by atoms with E-state index in [9.17, 15) is 4.79 Å². The molecule has 1 heterocycles. The fraction of sp³-hybridized carbons (Fsp3) is 0.333. The van der Waals surface area contributed by atoms with Crippen LogP contribution in [0, 0.1) is 6.92 Å². The van der Waals surface area contributed by atoms with E-state index in [0.29, 0.717) is 18.2 Å². The van der Waals surface area contributed by atoms with Gasteiger partial charge < -0.3 is 10.6 Å². The molecule has 0 saturated heterocycles. The van der Waals surface area contributed by atoms with Gasteiger partial charge in [0, 0.05) is 25.7 Å². The molecule has 0 aliphatic carbocycles. The van der Waals surface area contributed by atoms with Crippen LogP contribution in [-0.2, 0) is 24.9 Å². The monoisotopic (exact) mass is 306 g/mol. The van der Waals surface area contributed by atoms with Gasteiger partial charge in [-0.25, -0.2) is 0 Å². The van der Waals surface area contributed by atoms with Crippen LogP contribution in [0.2, 0.25) is 5.15 Å². The smallest absolute Gasteiger partial charge is 0.234 e. The molecule has 0 aliphatic rings. The number of carbonyl (C=O) groups is 1. The van der Waals surface area contributed by atoms with Gasteiger partial charge in [-0.05, 0) is 12.5 Å². The van der Waals surface area contributed by atoms with Gasteiger partial charge in [0.15, 0.2) is 0 Å². The average Bonchev–Trinajstić information content (AvgIpc) is 2.72. The Kier molecular flexibility index (Phi) is 5.36. The molecule has 2 rings (SSSR count). The quantitative estimate of drug-likeness (QED) is 0.855. The van der Waals surface area contributed by atoms with E-state index in [4.69, 9.17) is 11.6 Å². The molecular formula is C15H19ClN4O. The van der Waals surface area contributed by atoms with Crippen LogP contribution in [0.3, 0.4) is 0 Å². The van der Waals surface area contributed by atoms with Gasteiger partial charge in [-0.1, -0.05) is 41.9 Å². The largest absolute Gasteiger partial charge is 0.351 e. The Balaban J connectivity index is 1.74. The van der Waals surface area contributed by atoms with E-state index in [1.807, 2.05) is 37.3 Å². The summed E-state index contributed by atoms with van der Waals surface area (Å²) in [7, 11) is 1.80. The van der Waals surface area contributed by atoms with Crippen LogP contribution < -0.4 is 10.6 Å². The minimum Gasteiger partial charge on any atom is -0.351 e. The number of benzene rings is 1. The first kappa shape index (κ1) is 15.5. The van der Waals surface area contributed by atoms with E-state index in [1.54, 1.807) is 11.7 Å². The molecule has 0 aliphatic heterocycles. The van der Waals surface area contributed by atoms with Gasteiger partial charge in [0.25, 0.3) is 0 Å². The molecule has 112 valence electrons. The van der Waals surface area contributed by atoms with Crippen molar-refractivity contribution < 1.29 is 4.79 Å². The van der Waals surface area contributed by atoms with Crippen molar-refractivity contribution >= 4 is 17.5 Å². The Labute approximate surface area is 129 Å². The van der Waals surface area contributed by atoms with Crippen molar-refractivity contribution in [2.45, 2.75) is 20.0 Å². The number of carbonyl (C=O) groups excluding carboxylic acids is 1. The molecule has 5 nitrogen and oxygen atoms in total. The third kappa shape index (κ3) is 4.31. The van der Waals surface area contributed by atoms with E-state index in [1.165, 1.54) is 0 Å². The van der Waals surface area contributed by atoms with E-state index >= 15 is 0 Å². The van der Waals surface area contributed by atoms with Crippen LogP contribution in [0.1, 0.15) is 16.8 Å². The molecule has 0 atom stereocenters. The second-order valence-corrected chi connectivity index (χ2v) is 5.20. The van der Waals surface area contributed by atoms with Crippen molar-refractivity contribution in [3.63, 3.8) is 0 Å². The zero-order chi connectivity index (χ0) is 15.2. The number of hydrogen-bond donors (Lipinski definition) is 2. The predicted molar refractivity (Wildman–Crippen MR) is 83.0 cm³/mol. The van der Waals surface area contributed by atoms with Crippen molar-refractivity contribution in [3.8, 4) is 0 Å². The second-order valence-electron chi connectivity index (χ2n) is 4.84. The Morgan fingerprint density at radius 1 is 1.29 bits per heavy atom. The lowest BCUT2D eigenvalue weighted by molar-refractivity contribution is -0.120. The molecule has 0 bridgehead atoms. The van der Waals surface area contributed by atoms with Gasteiger partial charge >= 0.3 is 0 Å². The first-order chi connectivity index (χ1) is 10.1. The van der Waals surface area contributed by atoms with E-state index in [-0.39, 0.29) is 12.5 Å². The number of nitrogens with one attached hydrogen (secondary N) is 2. The third-order valence-electron chi connectivity index (χ3n) is 3.19. The fourth-order valence-electron chi connectivity index (χ4n) is 2.03. The SMILES string of the molecule is Cc1nn(C)c(Cl)c1CNCC(=O)NCc1ccccc1. The normalized spacial score (nSPS) is 10.6. The number of halogens is 1. The van der Waals surface area contributed by atoms with E-state index < -0.39 is 0 Å². The maximum absolute atomic E-state index is 11.8. The van der Waals surface area contributed by atoms with Crippen molar-refractivity contribution in [1.29, 1.82) is 0 Å². The summed E-state index contributed by atoms with van der Waals surface area (Å²) in [6.45, 7) is 3.21. The number of rotatable bonds is 6. The topological polar surface area (TPSA) is 59.0 Å². The summed E-state index contributed by atoms with van der Waals surface area (Å²) in [5.74, 6) is -0.0449. The molecule has 0 fully saturated rings. The van der Waals surface area contributed by atoms with E-state index in [2.05, 4.69) is 15.7 Å². The Hall–Kier alpha value is -1.85. The van der Waals surface area contributed by atoms with Crippen LogP contribution in [0.25, 0.3) is 0 Å². The molecule has 6 heteroatoms. The molecule has 21 heavy (non-hydrogen) atoms. The standard InChI is InChI=1S/C15H19ClN4O/c1-11-13(15(16)20(2)19-11)9-17-10-14(21)18-8-12-6-4-3-5-7-12/h3-7,17H,8-10H2,1-2H3,(H,18,21). The minimum absolute atomic E-state index is 0.0449. The molecule has 0 unspecified atom stereocenters. The van der Waals surface area contributed by atoms with Crippen molar-refractivity contribution in [1.82, 2.24) is 20.4 Å². The van der Waals surface area contributed by atoms with Gasteiger partial charge in [-0.15, -0.1) is 0 Å². The molecule has 2 N–H and O–H groups in total. The van der Waals surface area contributed by atoms with Gasteiger partial charge in [0.05, 0.1) is 12.2 Å². The van der Waals surface area contributed by atoms with Gasteiger partial charge in [0.1, 0.15) is 5.15 Å². The predicted octanol–water partition coefficient (Wildman–Crippen LogP) is 1.79. The zero-order valence-electron chi connectivity index (χ0n) is 12.2. The summed E-state index contributed by atoms with van der Waals surface area (Å²) in [5, 5.41) is 10.8. The van der Waals surface area contributed by atoms with Crippen LogP contribution in [0.4, 0.5) is 0 Å². The van der Waals surface area contributed by atoms with E-state index in [0.717, 1.165) is 16.8 Å². The number of aromatic nitrogens is 2. The Morgan fingerprint density at radius 3 is 2.62 bits per heavy atom. The fourth-order valence-corrected chi connectivity index (χ4v) is 2.28. The lowest BCUT2D eigenvalue weighted by Crippen LogP contribution is -2.33. The highest BCUT2D eigenvalue weighted by molar-refractivity contribution is 6.30. The molecule has 0 spiro atoms. The molecule has 0 saturated carbocycles. The minimum atomic E-state index is -0.0449. The molecule has 1 aromatic carbocycles. The molecular weight excluding hydrogens is 288 g/mol. The summed E-state index contributed by atoms with van der Waals surface area (Å²) in [4.78, 5) is 11.8. The molecule has 0 radical (unpaired) electrons. The zero-order valence-corrected chi connectivity index (χ0v) is 12.9. The van der Waals surface area contributed by atoms with Crippen molar-refractivity contribution in [3.05, 3.63) is 52.3 Å². The van der Waals surface area contributed by atoms with Crippen LogP contribution in [0.5, 0.6) is 0 Å². The Bertz CT molecular complexity index is 610. The maximum Gasteiger partial charge on any atom is 0.234 e. The van der Waals surface area contributed by atoms with Crippen LogP contribution >= 0.6 is 11.6 Å². The lowest BCUT2D eigenvalue weighted by atomic mass is 10.2. The van der Waals surface area contributed by atoms with Crippen LogP contribution in [-0.4, -0.2) is 22.2 Å². The molecule has 1 aromatic heterocycles. The van der Waals surface area contributed by atoms with Gasteiger partial charge in [-0.2, -0.15) is 5.10 Å². The highest BCUT2D eigenvalue weighted by Gasteiger charge is 2.11. The summed E-state index contributed by atoms with van der Waals surface area (Å²) in [6, 6.07) is 9.81. The van der Waals surface area contributed by atoms with Gasteiger partial charge in [-0.3, -0.25) is 9.48 Å². The van der Waals surface area contributed by atoms with Crippen molar-refractivity contribution in [2.24, 2.45) is 7.05 Å². The summed E-state index contributed by atoms with van der Waals surface area (Å²) < 4.78 is 1.63. The van der Waals surface area contributed by atoms with Crippen LogP contribution in [0.15, 0.2) is 30.3 Å². The van der Waals surface area contributed by atoms with Gasteiger partial charge in [0.2, 0.25) is 5.91 Å². The maximum atomic E-state index is 11.8. The third-order valence-corrected chi connectivity index (χ3v) is 3.66.